The first-order valence-electron chi connectivity index (χ1n) is 9.28. The number of nitrogens with two attached hydrogens (primary N) is 1. The van der Waals surface area contributed by atoms with E-state index in [-0.39, 0.29) is 30.6 Å². The van der Waals surface area contributed by atoms with Crippen molar-refractivity contribution in [2.24, 2.45) is 5.73 Å². The van der Waals surface area contributed by atoms with Gasteiger partial charge in [-0.25, -0.2) is 0 Å². The molecule has 142 valence electrons. The molecule has 26 heavy (non-hydrogen) atoms. The number of benzene rings is 1. The van der Waals surface area contributed by atoms with Crippen molar-refractivity contribution in [1.29, 1.82) is 0 Å². The van der Waals surface area contributed by atoms with E-state index in [1.165, 1.54) is 0 Å². The van der Waals surface area contributed by atoms with Crippen LogP contribution in [0.2, 0.25) is 0 Å². The molecule has 0 radical (unpaired) electrons. The minimum atomic E-state index is -0.374. The summed E-state index contributed by atoms with van der Waals surface area (Å²) in [4.78, 5) is 23.6. The molecule has 1 saturated heterocycles. The van der Waals surface area contributed by atoms with Crippen LogP contribution in [0, 0.1) is 0 Å². The van der Waals surface area contributed by atoms with Crippen molar-refractivity contribution in [2.75, 3.05) is 19.7 Å². The van der Waals surface area contributed by atoms with Gasteiger partial charge >= 0.3 is 0 Å². The second-order valence-electron chi connectivity index (χ2n) is 6.88. The fraction of sp³-hybridized carbons (Fsp3) is 0.579. The maximum Gasteiger partial charge on any atom is 0.258 e. The third kappa shape index (κ3) is 5.71. The lowest BCUT2D eigenvalue weighted by Gasteiger charge is -2.13. The second kappa shape index (κ2) is 9.00. The van der Waals surface area contributed by atoms with Crippen LogP contribution in [0.3, 0.4) is 0 Å². The molecule has 0 bridgehead atoms. The van der Waals surface area contributed by atoms with Crippen LogP contribution >= 0.6 is 0 Å². The number of amides is 2. The summed E-state index contributed by atoms with van der Waals surface area (Å²) in [5, 5.41) is 5.79. The Morgan fingerprint density at radius 3 is 2.58 bits per heavy atom. The lowest BCUT2D eigenvalue weighted by atomic mass is 10.1. The summed E-state index contributed by atoms with van der Waals surface area (Å²) in [5.41, 5.74) is 6.65. The second-order valence-corrected chi connectivity index (χ2v) is 6.88. The maximum absolute atomic E-state index is 12.0. The minimum Gasteiger partial charge on any atom is -0.484 e. The fourth-order valence-electron chi connectivity index (χ4n) is 2.91. The predicted molar refractivity (Wildman–Crippen MR) is 96.8 cm³/mol. The van der Waals surface area contributed by atoms with E-state index >= 15 is 0 Å². The van der Waals surface area contributed by atoms with Crippen LogP contribution in [0.1, 0.15) is 31.2 Å². The van der Waals surface area contributed by atoms with Crippen molar-refractivity contribution in [2.45, 2.75) is 50.4 Å². The molecule has 4 N–H and O–H groups in total. The SMILES string of the molecule is NC[C@H]1CC[C@@H](C(=O)NCCc2ccc(OCC(=O)NC3CC3)cc2)O1. The van der Waals surface area contributed by atoms with Gasteiger partial charge in [0.2, 0.25) is 5.91 Å². The van der Waals surface area contributed by atoms with Gasteiger partial charge in [-0.2, -0.15) is 0 Å². The van der Waals surface area contributed by atoms with Crippen LogP contribution in [0.25, 0.3) is 0 Å². The molecule has 2 atom stereocenters. The molecular formula is C19H27N3O4. The zero-order valence-electron chi connectivity index (χ0n) is 14.9. The predicted octanol–water partition coefficient (Wildman–Crippen LogP) is 0.509. The summed E-state index contributed by atoms with van der Waals surface area (Å²) in [5.74, 6) is 0.517. The maximum atomic E-state index is 12.0. The van der Waals surface area contributed by atoms with Gasteiger partial charge in [0.25, 0.3) is 5.91 Å². The Bertz CT molecular complexity index is 616. The summed E-state index contributed by atoms with van der Waals surface area (Å²) in [7, 11) is 0. The Morgan fingerprint density at radius 1 is 1.15 bits per heavy atom. The van der Waals surface area contributed by atoms with Crippen molar-refractivity contribution in [3.63, 3.8) is 0 Å². The zero-order valence-corrected chi connectivity index (χ0v) is 14.9. The van der Waals surface area contributed by atoms with E-state index < -0.39 is 0 Å². The smallest absolute Gasteiger partial charge is 0.258 e. The highest BCUT2D eigenvalue weighted by atomic mass is 16.5. The Kier molecular flexibility index (Phi) is 6.46. The Morgan fingerprint density at radius 2 is 1.92 bits per heavy atom. The van der Waals surface area contributed by atoms with E-state index in [1.807, 2.05) is 24.3 Å². The summed E-state index contributed by atoms with van der Waals surface area (Å²) >= 11 is 0. The van der Waals surface area contributed by atoms with Crippen LogP contribution in [0.4, 0.5) is 0 Å². The van der Waals surface area contributed by atoms with Crippen molar-refractivity contribution in [3.8, 4) is 5.75 Å². The normalized spacial score (nSPS) is 22.0. The molecule has 7 nitrogen and oxygen atoms in total. The van der Waals surface area contributed by atoms with Gasteiger partial charge in [0.1, 0.15) is 11.9 Å². The highest BCUT2D eigenvalue weighted by Crippen LogP contribution is 2.19. The number of rotatable bonds is 9. The molecule has 1 aromatic carbocycles. The van der Waals surface area contributed by atoms with Crippen molar-refractivity contribution in [1.82, 2.24) is 10.6 Å². The third-order valence-corrected chi connectivity index (χ3v) is 4.61. The average molecular weight is 361 g/mol. The zero-order chi connectivity index (χ0) is 18.4. The molecule has 0 unspecified atom stereocenters. The van der Waals surface area contributed by atoms with Crippen LogP contribution in [0.15, 0.2) is 24.3 Å². The van der Waals surface area contributed by atoms with E-state index in [4.69, 9.17) is 15.2 Å². The number of hydrogen-bond donors (Lipinski definition) is 3. The molecule has 1 aliphatic carbocycles. The van der Waals surface area contributed by atoms with E-state index in [2.05, 4.69) is 10.6 Å². The average Bonchev–Trinajstić information content (AvgIpc) is 3.33. The topological polar surface area (TPSA) is 103 Å². The van der Waals surface area contributed by atoms with Gasteiger partial charge in [-0.1, -0.05) is 12.1 Å². The minimum absolute atomic E-state index is 0.00431. The number of hydrogen-bond acceptors (Lipinski definition) is 5. The standard InChI is InChI=1S/C19H27N3O4/c20-11-16-7-8-17(26-16)19(24)21-10-9-13-1-5-15(6-2-13)25-12-18(23)22-14-3-4-14/h1-2,5-6,14,16-17H,3-4,7-12,20H2,(H,21,24)(H,22,23)/t16-,17+/m1/s1. The highest BCUT2D eigenvalue weighted by Gasteiger charge is 2.29. The monoisotopic (exact) mass is 361 g/mol. The van der Waals surface area contributed by atoms with Crippen LogP contribution in [-0.2, 0) is 20.7 Å². The van der Waals surface area contributed by atoms with Gasteiger partial charge in [0.05, 0.1) is 6.10 Å². The lowest BCUT2D eigenvalue weighted by molar-refractivity contribution is -0.131. The van der Waals surface area contributed by atoms with E-state index in [0.717, 1.165) is 37.7 Å². The van der Waals surface area contributed by atoms with Gasteiger partial charge in [0, 0.05) is 19.1 Å². The highest BCUT2D eigenvalue weighted by molar-refractivity contribution is 5.81. The molecule has 2 aliphatic rings. The van der Waals surface area contributed by atoms with Gasteiger partial charge in [-0.15, -0.1) is 0 Å². The largest absolute Gasteiger partial charge is 0.484 e. The first-order chi connectivity index (χ1) is 12.6. The van der Waals surface area contributed by atoms with Gasteiger partial charge < -0.3 is 25.8 Å². The van der Waals surface area contributed by atoms with Gasteiger partial charge in [-0.3, -0.25) is 9.59 Å². The molecular weight excluding hydrogens is 334 g/mol. The first kappa shape index (κ1) is 18.7. The van der Waals surface area contributed by atoms with E-state index in [9.17, 15) is 9.59 Å². The molecule has 1 aliphatic heterocycles. The molecule has 2 fully saturated rings. The molecule has 0 aromatic heterocycles. The number of carbonyl (C=O) groups is 2. The molecule has 0 spiro atoms. The quantitative estimate of drug-likeness (QED) is 0.595. The molecule has 3 rings (SSSR count). The molecule has 1 heterocycles. The van der Waals surface area contributed by atoms with Crippen LogP contribution < -0.4 is 21.1 Å². The lowest BCUT2D eigenvalue weighted by Crippen LogP contribution is -2.36. The third-order valence-electron chi connectivity index (χ3n) is 4.61. The molecule has 7 heteroatoms. The fourth-order valence-corrected chi connectivity index (χ4v) is 2.91. The van der Waals surface area contributed by atoms with Crippen LogP contribution in [0.5, 0.6) is 5.75 Å². The number of ether oxygens (including phenoxy) is 2. The van der Waals surface area contributed by atoms with E-state index in [1.54, 1.807) is 0 Å². The van der Waals surface area contributed by atoms with Crippen LogP contribution in [-0.4, -0.2) is 49.8 Å². The molecule has 1 saturated carbocycles. The van der Waals surface area contributed by atoms with Crippen molar-refractivity contribution < 1.29 is 19.1 Å². The van der Waals surface area contributed by atoms with Gasteiger partial charge in [-0.05, 0) is 49.8 Å². The van der Waals surface area contributed by atoms with E-state index in [0.29, 0.717) is 24.9 Å². The van der Waals surface area contributed by atoms with Crippen molar-refractivity contribution >= 4 is 11.8 Å². The molecule has 2 amide bonds. The number of carbonyl (C=O) groups excluding carboxylic acids is 2. The Balaban J connectivity index is 1.33. The summed E-state index contributed by atoms with van der Waals surface area (Å²) in [6.07, 6.45) is 4.06. The number of nitrogens with one attached hydrogen (secondary N) is 2. The van der Waals surface area contributed by atoms with Gasteiger partial charge in [0.15, 0.2) is 6.61 Å². The summed E-state index contributed by atoms with van der Waals surface area (Å²) in [6, 6.07) is 7.91. The molecule has 1 aromatic rings. The summed E-state index contributed by atoms with van der Waals surface area (Å²) < 4.78 is 11.1. The summed E-state index contributed by atoms with van der Waals surface area (Å²) in [6.45, 7) is 1.05. The van der Waals surface area contributed by atoms with Crippen molar-refractivity contribution in [3.05, 3.63) is 29.8 Å². The Labute approximate surface area is 153 Å². The Hall–Kier alpha value is -2.12. The first-order valence-corrected chi connectivity index (χ1v) is 9.28.